The molecule has 11 atom stereocenters. The molecule has 0 unspecified atom stereocenters. The lowest BCUT2D eigenvalue weighted by Gasteiger charge is -2.56. The fourth-order valence-corrected chi connectivity index (χ4v) is 8.06. The lowest BCUT2D eigenvalue weighted by atomic mass is 9.55. The largest absolute Gasteiger partial charge is 0.459 e. The zero-order valence-electron chi connectivity index (χ0n) is 30.3. The zero-order chi connectivity index (χ0) is 37.4. The summed E-state index contributed by atoms with van der Waals surface area (Å²) in [6, 6.07) is 0. The highest BCUT2D eigenvalue weighted by molar-refractivity contribution is 5.89. The van der Waals surface area contributed by atoms with Crippen LogP contribution in [-0.4, -0.2) is 94.3 Å². The van der Waals surface area contributed by atoms with Gasteiger partial charge >= 0.3 is 35.8 Å². The monoisotopic (exact) mass is 706 g/mol. The van der Waals surface area contributed by atoms with Crippen LogP contribution in [-0.2, 0) is 61.9 Å². The number of esters is 6. The average molecular weight is 707 g/mol. The first kappa shape index (κ1) is 39.0. The van der Waals surface area contributed by atoms with Crippen LogP contribution in [0.1, 0.15) is 101 Å². The van der Waals surface area contributed by atoms with Gasteiger partial charge in [0.2, 0.25) is 0 Å². The molecular formula is C36H50O14. The third kappa shape index (κ3) is 7.05. The van der Waals surface area contributed by atoms with Crippen molar-refractivity contribution in [3.63, 3.8) is 0 Å². The Labute approximate surface area is 292 Å². The third-order valence-electron chi connectivity index (χ3n) is 10.4. The smallest absolute Gasteiger partial charge is 0.342 e. The van der Waals surface area contributed by atoms with Gasteiger partial charge in [-0.25, -0.2) is 4.79 Å². The number of carbonyl (C=O) groups is 6. The molecule has 50 heavy (non-hydrogen) atoms. The Morgan fingerprint density at radius 1 is 0.820 bits per heavy atom. The number of fused-ring (bicyclic) bond motifs is 1. The molecule has 4 rings (SSSR count). The fraction of sp³-hybridized carbons (Fsp3) is 0.722. The molecule has 0 aromatic carbocycles. The maximum absolute atomic E-state index is 13.4. The Hall–Kier alpha value is -3.78. The molecular weight excluding hydrogens is 656 g/mol. The van der Waals surface area contributed by atoms with E-state index >= 15 is 0 Å². The number of carbonyl (C=O) groups excluding carboxylic acids is 6. The molecule has 0 bridgehead atoms. The maximum atomic E-state index is 13.4. The van der Waals surface area contributed by atoms with E-state index in [1.54, 1.807) is 13.8 Å². The molecule has 2 heterocycles. The van der Waals surface area contributed by atoms with Crippen LogP contribution in [0.4, 0.5) is 0 Å². The number of hydrogen-bond donors (Lipinski definition) is 1. The summed E-state index contributed by atoms with van der Waals surface area (Å²) in [5.74, 6) is -5.96. The minimum Gasteiger partial charge on any atom is -0.459 e. The van der Waals surface area contributed by atoms with Crippen LogP contribution in [0.5, 0.6) is 0 Å². The summed E-state index contributed by atoms with van der Waals surface area (Å²) < 4.78 is 41.5. The summed E-state index contributed by atoms with van der Waals surface area (Å²) in [5.41, 5.74) is -6.96. The van der Waals surface area contributed by atoms with E-state index in [2.05, 4.69) is 6.92 Å². The van der Waals surface area contributed by atoms with Crippen molar-refractivity contribution < 1.29 is 67.0 Å². The van der Waals surface area contributed by atoms with Crippen LogP contribution in [0.2, 0.25) is 0 Å². The SMILES string of the molecule is CCCCCCCC(=O)O[C@H]1/C(C)=C\[C@@H]2OC(=O)[C@]3(C)O[C@]23[C@@H](OC(C)=O)[C@H]2[C@@](C)(O)[C@H](OC(C)=O)C=C[C@]2(C)[C@@H](OC(C)=O)[C@@H]1OC(C)=O. The molecule has 2 saturated heterocycles. The number of ether oxygens (including phenoxy) is 7. The highest BCUT2D eigenvalue weighted by Gasteiger charge is 2.88. The normalized spacial score (nSPS) is 39.6. The van der Waals surface area contributed by atoms with Gasteiger partial charge in [0.05, 0.1) is 0 Å². The second-order valence-corrected chi connectivity index (χ2v) is 14.3. The minimum absolute atomic E-state index is 0.0507. The average Bonchev–Trinajstić information content (AvgIpc) is 3.58. The molecule has 0 amide bonds. The molecule has 278 valence electrons. The Morgan fingerprint density at radius 3 is 1.96 bits per heavy atom. The molecule has 0 aromatic rings. The van der Waals surface area contributed by atoms with Crippen molar-refractivity contribution >= 4 is 35.8 Å². The van der Waals surface area contributed by atoms with Gasteiger partial charge in [-0.3, -0.25) is 24.0 Å². The van der Waals surface area contributed by atoms with Crippen molar-refractivity contribution in [3.05, 3.63) is 23.8 Å². The first-order valence-electron chi connectivity index (χ1n) is 17.2. The highest BCUT2D eigenvalue weighted by atomic mass is 16.7. The van der Waals surface area contributed by atoms with Crippen molar-refractivity contribution in [2.75, 3.05) is 0 Å². The van der Waals surface area contributed by atoms with Crippen LogP contribution >= 0.6 is 0 Å². The Balaban J connectivity index is 2.01. The van der Waals surface area contributed by atoms with E-state index in [4.69, 9.17) is 33.2 Å². The number of rotatable bonds is 11. The zero-order valence-corrected chi connectivity index (χ0v) is 30.3. The molecule has 14 nitrogen and oxygen atoms in total. The Bertz CT molecular complexity index is 1450. The van der Waals surface area contributed by atoms with Crippen LogP contribution in [0.15, 0.2) is 23.8 Å². The molecule has 2 fully saturated rings. The van der Waals surface area contributed by atoms with Gasteiger partial charge in [-0.1, -0.05) is 45.6 Å². The van der Waals surface area contributed by atoms with Crippen LogP contribution in [0.3, 0.4) is 0 Å². The Morgan fingerprint density at radius 2 is 1.40 bits per heavy atom. The Kier molecular flexibility index (Phi) is 11.3. The highest BCUT2D eigenvalue weighted by Crippen LogP contribution is 2.65. The van der Waals surface area contributed by atoms with Gasteiger partial charge < -0.3 is 38.3 Å². The molecule has 1 N–H and O–H groups in total. The second-order valence-electron chi connectivity index (χ2n) is 14.3. The van der Waals surface area contributed by atoms with Crippen LogP contribution in [0, 0.1) is 11.3 Å². The summed E-state index contributed by atoms with van der Waals surface area (Å²) in [4.78, 5) is 77.7. The predicted octanol–water partition coefficient (Wildman–Crippen LogP) is 3.34. The van der Waals surface area contributed by atoms with E-state index in [9.17, 15) is 33.9 Å². The lowest BCUT2D eigenvalue weighted by molar-refractivity contribution is -0.233. The van der Waals surface area contributed by atoms with Crippen LogP contribution < -0.4 is 0 Å². The molecule has 0 saturated carbocycles. The number of aliphatic hydroxyl groups is 1. The first-order valence-corrected chi connectivity index (χ1v) is 17.2. The number of hydrogen-bond acceptors (Lipinski definition) is 14. The number of epoxide rings is 1. The summed E-state index contributed by atoms with van der Waals surface area (Å²) in [7, 11) is 0. The number of unbranched alkanes of at least 4 members (excludes halogenated alkanes) is 4. The van der Waals surface area contributed by atoms with E-state index in [1.165, 1.54) is 32.1 Å². The van der Waals surface area contributed by atoms with Gasteiger partial charge in [-0.05, 0) is 44.9 Å². The second kappa shape index (κ2) is 14.5. The van der Waals surface area contributed by atoms with Gasteiger partial charge in [0, 0.05) is 45.4 Å². The summed E-state index contributed by atoms with van der Waals surface area (Å²) in [6.07, 6.45) is 0.171. The van der Waals surface area contributed by atoms with E-state index < -0.39 is 101 Å². The molecule has 4 aliphatic rings. The standard InChI is InChI=1S/C36H50O14/c1-10-11-12-13-14-15-26(41)49-27-19(2)18-25-36(35(9,50-36)32(42)48-25)31(47-23(6)40)29-33(7,17-16-24(34(29,8)43)44-20(3)37)30(46-22(5)39)28(27)45-21(4)38/h16-18,24-25,27-31,43H,10-15H2,1-9H3/b19-18-/t24-,25+,27+,28-,29-,30+,31+,33+,34+,35+,36+/m1/s1. The van der Waals surface area contributed by atoms with Gasteiger partial charge in [0.25, 0.3) is 0 Å². The van der Waals surface area contributed by atoms with Gasteiger partial charge in [0.1, 0.15) is 17.8 Å². The molecule has 1 spiro atoms. The molecule has 2 aliphatic heterocycles. The minimum atomic E-state index is -2.13. The van der Waals surface area contributed by atoms with Crippen molar-refractivity contribution in [2.24, 2.45) is 11.3 Å². The van der Waals surface area contributed by atoms with Crippen molar-refractivity contribution in [1.82, 2.24) is 0 Å². The lowest BCUT2D eigenvalue weighted by Crippen LogP contribution is -2.69. The van der Waals surface area contributed by atoms with E-state index in [1.807, 2.05) is 0 Å². The van der Waals surface area contributed by atoms with E-state index in [-0.39, 0.29) is 12.0 Å². The van der Waals surface area contributed by atoms with Crippen molar-refractivity contribution in [1.29, 1.82) is 0 Å². The van der Waals surface area contributed by atoms with Crippen molar-refractivity contribution in [3.8, 4) is 0 Å². The summed E-state index contributed by atoms with van der Waals surface area (Å²) in [6.45, 7) is 12.6. The van der Waals surface area contributed by atoms with Crippen LogP contribution in [0.25, 0.3) is 0 Å². The quantitative estimate of drug-likeness (QED) is 0.108. The molecule has 14 heteroatoms. The third-order valence-corrected chi connectivity index (χ3v) is 10.4. The van der Waals surface area contributed by atoms with Gasteiger partial charge in [-0.2, -0.15) is 0 Å². The summed E-state index contributed by atoms with van der Waals surface area (Å²) in [5, 5.41) is 12.5. The van der Waals surface area contributed by atoms with Gasteiger partial charge in [0.15, 0.2) is 35.6 Å². The van der Waals surface area contributed by atoms with Gasteiger partial charge in [-0.15, -0.1) is 0 Å². The fourth-order valence-electron chi connectivity index (χ4n) is 8.06. The van der Waals surface area contributed by atoms with E-state index in [0.29, 0.717) is 6.42 Å². The molecule has 0 radical (unpaired) electrons. The predicted molar refractivity (Wildman–Crippen MR) is 173 cm³/mol. The topological polar surface area (TPSA) is 191 Å². The van der Waals surface area contributed by atoms with E-state index in [0.717, 1.165) is 53.4 Å². The van der Waals surface area contributed by atoms with Crippen molar-refractivity contribution in [2.45, 2.75) is 154 Å². The first-order chi connectivity index (χ1) is 23.3. The maximum Gasteiger partial charge on any atom is 0.342 e. The molecule has 0 aromatic heterocycles. The summed E-state index contributed by atoms with van der Waals surface area (Å²) >= 11 is 0. The molecule has 2 aliphatic carbocycles.